The smallest absolute Gasteiger partial charge is 0.416 e. The second kappa shape index (κ2) is 7.12. The first-order chi connectivity index (χ1) is 11.9. The number of nitrogens with zero attached hydrogens (tertiary/aromatic N) is 1. The minimum atomic E-state index is -1.85. The largest absolute Gasteiger partial charge is 0.491 e. The van der Waals surface area contributed by atoms with Crippen molar-refractivity contribution in [1.82, 2.24) is 4.57 Å². The third kappa shape index (κ3) is 4.08. The molecule has 0 bridgehead atoms. The van der Waals surface area contributed by atoms with Crippen LogP contribution in [0, 0.1) is 0 Å². The maximum Gasteiger partial charge on any atom is 0.416 e. The fraction of sp³-hybridized carbons (Fsp3) is 0.444. The number of fused-ring (bicyclic) bond motifs is 1. The van der Waals surface area contributed by atoms with Crippen molar-refractivity contribution in [2.24, 2.45) is 0 Å². The van der Waals surface area contributed by atoms with Crippen LogP contribution in [0.2, 0.25) is 18.1 Å². The highest BCUT2D eigenvalue weighted by Crippen LogP contribution is 2.36. The maximum atomic E-state index is 11.4. The van der Waals surface area contributed by atoms with Crippen molar-refractivity contribution in [3.8, 4) is 5.75 Å². The first kappa shape index (κ1) is 20.0. The quantitative estimate of drug-likeness (QED) is 0.575. The minimum Gasteiger partial charge on any atom is -0.491 e. The summed E-state index contributed by atoms with van der Waals surface area (Å²) in [5, 5.41) is 19.1. The van der Waals surface area contributed by atoms with Crippen LogP contribution in [-0.4, -0.2) is 48.4 Å². The Morgan fingerprint density at radius 1 is 1.12 bits per heavy atom. The Morgan fingerprint density at radius 2 is 1.77 bits per heavy atom. The SMILES string of the molecule is CC(C)(C)[Si](C)(C)OCCOc1ccc2cc(C(=O)O)n(C(=O)O)c2c1. The van der Waals surface area contributed by atoms with E-state index in [4.69, 9.17) is 9.16 Å². The van der Waals surface area contributed by atoms with Gasteiger partial charge in [-0.25, -0.2) is 14.2 Å². The highest BCUT2D eigenvalue weighted by atomic mass is 28.4. The normalized spacial score (nSPS) is 12.3. The number of carboxylic acids is 1. The summed E-state index contributed by atoms with van der Waals surface area (Å²) in [6.07, 6.45) is -1.35. The van der Waals surface area contributed by atoms with Crippen molar-refractivity contribution in [2.45, 2.75) is 38.9 Å². The molecule has 142 valence electrons. The van der Waals surface area contributed by atoms with Crippen molar-refractivity contribution < 1.29 is 29.0 Å². The predicted octanol–water partition coefficient (Wildman–Crippen LogP) is 4.27. The lowest BCUT2D eigenvalue weighted by atomic mass is 10.2. The number of carboxylic acid groups (broad SMARTS) is 2. The molecule has 0 atom stereocenters. The molecule has 0 spiro atoms. The Kier molecular flexibility index (Phi) is 5.48. The lowest BCUT2D eigenvalue weighted by Gasteiger charge is -2.36. The molecule has 1 aromatic carbocycles. The summed E-state index contributed by atoms with van der Waals surface area (Å²) >= 11 is 0. The lowest BCUT2D eigenvalue weighted by Crippen LogP contribution is -2.41. The van der Waals surface area contributed by atoms with Gasteiger partial charge in [-0.15, -0.1) is 0 Å². The fourth-order valence-corrected chi connectivity index (χ4v) is 3.33. The molecule has 0 radical (unpaired) electrons. The van der Waals surface area contributed by atoms with E-state index in [9.17, 15) is 19.8 Å². The maximum absolute atomic E-state index is 11.4. The Bertz CT molecular complexity index is 834. The average molecular weight is 379 g/mol. The third-order valence-corrected chi connectivity index (χ3v) is 9.35. The molecule has 0 aliphatic rings. The van der Waals surface area contributed by atoms with Crippen LogP contribution >= 0.6 is 0 Å². The number of aromatic nitrogens is 1. The number of aromatic carboxylic acids is 1. The van der Waals surface area contributed by atoms with E-state index in [-0.39, 0.29) is 16.2 Å². The molecule has 0 saturated carbocycles. The van der Waals surface area contributed by atoms with E-state index >= 15 is 0 Å². The molecule has 26 heavy (non-hydrogen) atoms. The molecule has 1 aromatic heterocycles. The Labute approximate surface area is 153 Å². The molecular weight excluding hydrogens is 354 g/mol. The lowest BCUT2D eigenvalue weighted by molar-refractivity contribution is 0.0684. The van der Waals surface area contributed by atoms with E-state index in [0.717, 1.165) is 4.57 Å². The summed E-state index contributed by atoms with van der Waals surface area (Å²) in [6, 6.07) is 6.19. The summed E-state index contributed by atoms with van der Waals surface area (Å²) in [6.45, 7) is 11.6. The van der Waals surface area contributed by atoms with Gasteiger partial charge in [0.25, 0.3) is 0 Å². The second-order valence-corrected chi connectivity index (χ2v) is 12.4. The zero-order chi connectivity index (χ0) is 19.7. The summed E-state index contributed by atoms with van der Waals surface area (Å²) < 4.78 is 12.5. The third-order valence-electron chi connectivity index (χ3n) is 4.81. The highest BCUT2D eigenvalue weighted by molar-refractivity contribution is 6.74. The Hall–Kier alpha value is -2.32. The van der Waals surface area contributed by atoms with Gasteiger partial charge in [0.2, 0.25) is 0 Å². The number of benzene rings is 1. The monoisotopic (exact) mass is 379 g/mol. The number of hydrogen-bond acceptors (Lipinski definition) is 4. The summed E-state index contributed by atoms with van der Waals surface area (Å²) in [5.41, 5.74) is -0.0244. The van der Waals surface area contributed by atoms with Gasteiger partial charge in [-0.3, -0.25) is 0 Å². The van der Waals surface area contributed by atoms with Gasteiger partial charge in [-0.05, 0) is 36.3 Å². The van der Waals surface area contributed by atoms with Gasteiger partial charge < -0.3 is 19.4 Å². The molecule has 0 aliphatic carbocycles. The molecule has 0 fully saturated rings. The van der Waals surface area contributed by atoms with Gasteiger partial charge in [0.15, 0.2) is 8.32 Å². The predicted molar refractivity (Wildman–Crippen MR) is 101 cm³/mol. The molecule has 2 N–H and O–H groups in total. The zero-order valence-corrected chi connectivity index (χ0v) is 16.7. The molecular formula is C18H25NO6Si. The number of carbonyl (C=O) groups is 2. The van der Waals surface area contributed by atoms with Crippen LogP contribution in [0.15, 0.2) is 24.3 Å². The topological polar surface area (TPSA) is 98.0 Å². The number of ether oxygens (including phenoxy) is 1. The van der Waals surface area contributed by atoms with Gasteiger partial charge in [-0.2, -0.15) is 0 Å². The van der Waals surface area contributed by atoms with Crippen LogP contribution < -0.4 is 4.74 Å². The first-order valence-electron chi connectivity index (χ1n) is 8.33. The molecule has 7 nitrogen and oxygen atoms in total. The molecule has 2 rings (SSSR count). The Balaban J connectivity index is 2.13. The average Bonchev–Trinajstić information content (AvgIpc) is 2.89. The summed E-state index contributed by atoms with van der Waals surface area (Å²) in [7, 11) is -1.85. The van der Waals surface area contributed by atoms with E-state index in [1.54, 1.807) is 12.1 Å². The van der Waals surface area contributed by atoms with Gasteiger partial charge in [0.05, 0.1) is 12.1 Å². The van der Waals surface area contributed by atoms with Crippen molar-refractivity contribution in [1.29, 1.82) is 0 Å². The molecule has 0 unspecified atom stereocenters. The van der Waals surface area contributed by atoms with Gasteiger partial charge in [0.1, 0.15) is 18.1 Å². The van der Waals surface area contributed by atoms with Gasteiger partial charge in [-0.1, -0.05) is 20.8 Å². The van der Waals surface area contributed by atoms with Gasteiger partial charge >= 0.3 is 12.1 Å². The number of rotatable bonds is 6. The van der Waals surface area contributed by atoms with Crippen LogP contribution in [0.25, 0.3) is 10.9 Å². The molecule has 8 heteroatoms. The second-order valence-electron chi connectivity index (χ2n) is 7.63. The van der Waals surface area contributed by atoms with E-state index in [1.165, 1.54) is 12.1 Å². The van der Waals surface area contributed by atoms with Crippen molar-refractivity contribution in [3.63, 3.8) is 0 Å². The van der Waals surface area contributed by atoms with E-state index in [0.29, 0.717) is 24.3 Å². The minimum absolute atomic E-state index is 0.113. The molecule has 2 aromatic rings. The summed E-state index contributed by atoms with van der Waals surface area (Å²) in [5.74, 6) is -0.831. The van der Waals surface area contributed by atoms with Crippen LogP contribution in [0.1, 0.15) is 31.3 Å². The molecule has 0 amide bonds. The molecule has 0 saturated heterocycles. The van der Waals surface area contributed by atoms with Crippen LogP contribution in [0.4, 0.5) is 4.79 Å². The van der Waals surface area contributed by atoms with E-state index in [1.807, 2.05) is 0 Å². The van der Waals surface area contributed by atoms with Crippen LogP contribution in [0.3, 0.4) is 0 Å². The van der Waals surface area contributed by atoms with Crippen molar-refractivity contribution >= 4 is 31.3 Å². The van der Waals surface area contributed by atoms with Gasteiger partial charge in [0, 0.05) is 11.5 Å². The zero-order valence-electron chi connectivity index (χ0n) is 15.7. The van der Waals surface area contributed by atoms with Crippen LogP contribution in [0.5, 0.6) is 5.75 Å². The standard InChI is InChI=1S/C18H25NO6Si/c1-18(2,3)26(4,5)25-9-8-24-13-7-6-12-10-15(16(20)21)19(17(22)23)14(12)11-13/h6-7,10-11H,8-9H2,1-5H3,(H,20,21)(H,22,23). The van der Waals surface area contributed by atoms with Crippen molar-refractivity contribution in [3.05, 3.63) is 30.0 Å². The first-order valence-corrected chi connectivity index (χ1v) is 11.2. The van der Waals surface area contributed by atoms with Crippen LogP contribution in [-0.2, 0) is 4.43 Å². The summed E-state index contributed by atoms with van der Waals surface area (Å²) in [4.78, 5) is 22.7. The Morgan fingerprint density at radius 3 is 2.31 bits per heavy atom. The van der Waals surface area contributed by atoms with E-state index in [2.05, 4.69) is 33.9 Å². The van der Waals surface area contributed by atoms with Crippen molar-refractivity contribution in [2.75, 3.05) is 13.2 Å². The number of hydrogen-bond donors (Lipinski definition) is 2. The van der Waals surface area contributed by atoms with E-state index < -0.39 is 20.4 Å². The molecule has 0 aliphatic heterocycles. The molecule has 1 heterocycles. The highest BCUT2D eigenvalue weighted by Gasteiger charge is 2.36. The fourth-order valence-electron chi connectivity index (χ4n) is 2.31.